The molecular formula is C20H15ClF3N3. The van der Waals surface area contributed by atoms with Gasteiger partial charge in [0.05, 0.1) is 5.69 Å². The summed E-state index contributed by atoms with van der Waals surface area (Å²) in [5.74, 6) is -3.14. The summed E-state index contributed by atoms with van der Waals surface area (Å²) in [4.78, 5) is 11.1. The molecule has 27 heavy (non-hydrogen) atoms. The van der Waals surface area contributed by atoms with E-state index in [1.165, 1.54) is 0 Å². The highest BCUT2D eigenvalue weighted by molar-refractivity contribution is 6.30. The first-order valence-electron chi connectivity index (χ1n) is 8.46. The molecule has 0 bridgehead atoms. The van der Waals surface area contributed by atoms with Gasteiger partial charge in [-0.3, -0.25) is 4.90 Å². The molecule has 0 saturated carbocycles. The second-order valence-corrected chi connectivity index (χ2v) is 6.94. The first-order valence-corrected chi connectivity index (χ1v) is 8.84. The van der Waals surface area contributed by atoms with Gasteiger partial charge >= 0.3 is 0 Å². The lowest BCUT2D eigenvalue weighted by Crippen LogP contribution is -2.31. The van der Waals surface area contributed by atoms with Gasteiger partial charge in [-0.05, 0) is 42.0 Å². The van der Waals surface area contributed by atoms with Crippen LogP contribution in [0.15, 0.2) is 42.6 Å². The summed E-state index contributed by atoms with van der Waals surface area (Å²) in [5, 5.41) is 0.654. The molecule has 3 nitrogen and oxygen atoms in total. The van der Waals surface area contributed by atoms with E-state index in [0.29, 0.717) is 42.5 Å². The molecular weight excluding hydrogens is 375 g/mol. The molecule has 0 fully saturated rings. The smallest absolute Gasteiger partial charge is 0.194 e. The predicted octanol–water partition coefficient (Wildman–Crippen LogP) is 4.77. The minimum Gasteiger partial charge on any atom is -0.294 e. The average Bonchev–Trinajstić information content (AvgIpc) is 2.66. The highest BCUT2D eigenvalue weighted by Crippen LogP contribution is 2.24. The monoisotopic (exact) mass is 389 g/mol. The molecule has 1 aromatic heterocycles. The van der Waals surface area contributed by atoms with Crippen molar-refractivity contribution in [3.05, 3.63) is 81.9 Å². The largest absolute Gasteiger partial charge is 0.294 e. The van der Waals surface area contributed by atoms with Gasteiger partial charge in [0.1, 0.15) is 0 Å². The molecule has 0 saturated heterocycles. The Bertz CT molecular complexity index is 969. The Balaban J connectivity index is 1.51. The third kappa shape index (κ3) is 3.82. The zero-order valence-corrected chi connectivity index (χ0v) is 15.0. The van der Waals surface area contributed by atoms with E-state index in [-0.39, 0.29) is 0 Å². The molecule has 2 heterocycles. The summed E-state index contributed by atoms with van der Waals surface area (Å²) >= 11 is 5.91. The molecule has 0 unspecified atom stereocenters. The topological polar surface area (TPSA) is 29.0 Å². The Labute approximate surface area is 159 Å². The summed E-state index contributed by atoms with van der Waals surface area (Å²) in [6.07, 6.45) is 2.48. The van der Waals surface area contributed by atoms with Crippen LogP contribution in [0.4, 0.5) is 13.2 Å². The van der Waals surface area contributed by atoms with Crippen molar-refractivity contribution in [2.75, 3.05) is 6.54 Å². The van der Waals surface area contributed by atoms with E-state index >= 15 is 0 Å². The molecule has 0 aliphatic carbocycles. The number of nitrogens with zero attached hydrogens (tertiary/aromatic N) is 3. The maximum Gasteiger partial charge on any atom is 0.194 e. The molecule has 0 atom stereocenters. The van der Waals surface area contributed by atoms with Crippen LogP contribution in [-0.4, -0.2) is 21.4 Å². The maximum atomic E-state index is 13.4. The first kappa shape index (κ1) is 17.9. The molecule has 0 N–H and O–H groups in total. The van der Waals surface area contributed by atoms with Crippen LogP contribution in [0.5, 0.6) is 0 Å². The quantitative estimate of drug-likeness (QED) is 0.604. The Hall–Kier alpha value is -2.44. The number of aromatic nitrogens is 2. The van der Waals surface area contributed by atoms with Gasteiger partial charge in [0.2, 0.25) is 0 Å². The van der Waals surface area contributed by atoms with Crippen molar-refractivity contribution in [2.45, 2.75) is 19.5 Å². The zero-order valence-electron chi connectivity index (χ0n) is 14.2. The lowest BCUT2D eigenvalue weighted by molar-refractivity contribution is 0.242. The third-order valence-corrected chi connectivity index (χ3v) is 4.82. The van der Waals surface area contributed by atoms with Crippen LogP contribution in [0.1, 0.15) is 16.8 Å². The van der Waals surface area contributed by atoms with E-state index in [4.69, 9.17) is 11.6 Å². The van der Waals surface area contributed by atoms with E-state index in [2.05, 4.69) is 9.97 Å². The molecule has 138 valence electrons. The average molecular weight is 390 g/mol. The number of hydrogen-bond acceptors (Lipinski definition) is 3. The molecule has 3 aromatic rings. The minimum absolute atomic E-state index is 0.326. The van der Waals surface area contributed by atoms with Crippen molar-refractivity contribution >= 4 is 11.6 Å². The second kappa shape index (κ2) is 7.29. The number of hydrogen-bond donors (Lipinski definition) is 0. The van der Waals surface area contributed by atoms with E-state index in [9.17, 15) is 13.2 Å². The van der Waals surface area contributed by atoms with Gasteiger partial charge in [-0.25, -0.2) is 23.1 Å². The number of benzene rings is 2. The Morgan fingerprint density at radius 2 is 1.74 bits per heavy atom. The summed E-state index contributed by atoms with van der Waals surface area (Å²) in [7, 11) is 0. The molecule has 0 radical (unpaired) electrons. The van der Waals surface area contributed by atoms with Crippen LogP contribution >= 0.6 is 11.6 Å². The molecule has 1 aliphatic rings. The molecule has 7 heteroatoms. The van der Waals surface area contributed by atoms with E-state index < -0.39 is 17.5 Å². The SMILES string of the molecule is Fc1cc(CN2CCc3nc(-c4ccc(Cl)cc4)ncc3C2)cc(F)c1F. The molecule has 0 spiro atoms. The van der Waals surface area contributed by atoms with Crippen molar-refractivity contribution in [3.63, 3.8) is 0 Å². The summed E-state index contributed by atoms with van der Waals surface area (Å²) in [6.45, 7) is 1.58. The lowest BCUT2D eigenvalue weighted by atomic mass is 10.1. The normalized spacial score (nSPS) is 14.2. The van der Waals surface area contributed by atoms with Crippen molar-refractivity contribution in [1.29, 1.82) is 0 Å². The third-order valence-electron chi connectivity index (χ3n) is 4.57. The number of halogens is 4. The van der Waals surface area contributed by atoms with Crippen LogP contribution in [-0.2, 0) is 19.5 Å². The second-order valence-electron chi connectivity index (χ2n) is 6.51. The lowest BCUT2D eigenvalue weighted by Gasteiger charge is -2.28. The number of rotatable bonds is 3. The fourth-order valence-electron chi connectivity index (χ4n) is 3.21. The fourth-order valence-corrected chi connectivity index (χ4v) is 3.33. The van der Waals surface area contributed by atoms with E-state index in [1.807, 2.05) is 17.0 Å². The first-order chi connectivity index (χ1) is 13.0. The molecule has 2 aromatic carbocycles. The summed E-state index contributed by atoms with van der Waals surface area (Å²) in [5.41, 5.74) is 3.22. The van der Waals surface area contributed by atoms with Crippen molar-refractivity contribution < 1.29 is 13.2 Å². The molecule has 1 aliphatic heterocycles. The maximum absolute atomic E-state index is 13.4. The number of fused-ring (bicyclic) bond motifs is 1. The molecule has 0 amide bonds. The standard InChI is InChI=1S/C20H15ClF3N3/c21-15-3-1-13(2-4-15)20-25-9-14-11-27(6-5-18(14)26-20)10-12-7-16(22)19(24)17(23)8-12/h1-4,7-9H,5-6,10-11H2. The van der Waals surface area contributed by atoms with Gasteiger partial charge in [-0.15, -0.1) is 0 Å². The van der Waals surface area contributed by atoms with Crippen molar-refractivity contribution in [2.24, 2.45) is 0 Å². The Morgan fingerprint density at radius 3 is 2.44 bits per heavy atom. The van der Waals surface area contributed by atoms with Gasteiger partial charge in [-0.1, -0.05) is 11.6 Å². The van der Waals surface area contributed by atoms with Crippen LogP contribution in [0.3, 0.4) is 0 Å². The van der Waals surface area contributed by atoms with Crippen LogP contribution in [0, 0.1) is 17.5 Å². The van der Waals surface area contributed by atoms with Crippen LogP contribution < -0.4 is 0 Å². The summed E-state index contributed by atoms with van der Waals surface area (Å²) < 4.78 is 39.9. The van der Waals surface area contributed by atoms with Crippen molar-refractivity contribution in [1.82, 2.24) is 14.9 Å². The van der Waals surface area contributed by atoms with Crippen LogP contribution in [0.2, 0.25) is 5.02 Å². The highest BCUT2D eigenvalue weighted by atomic mass is 35.5. The predicted molar refractivity (Wildman–Crippen MR) is 96.6 cm³/mol. The van der Waals surface area contributed by atoms with Crippen LogP contribution in [0.25, 0.3) is 11.4 Å². The zero-order chi connectivity index (χ0) is 19.0. The van der Waals surface area contributed by atoms with Gasteiger partial charge in [0.15, 0.2) is 23.3 Å². The van der Waals surface area contributed by atoms with Gasteiger partial charge in [-0.2, -0.15) is 0 Å². The summed E-state index contributed by atoms with van der Waals surface area (Å²) in [6, 6.07) is 9.40. The Morgan fingerprint density at radius 1 is 1.04 bits per heavy atom. The van der Waals surface area contributed by atoms with E-state index in [0.717, 1.165) is 29.0 Å². The highest BCUT2D eigenvalue weighted by Gasteiger charge is 2.20. The minimum atomic E-state index is -1.44. The van der Waals surface area contributed by atoms with E-state index in [1.54, 1.807) is 18.3 Å². The van der Waals surface area contributed by atoms with Crippen molar-refractivity contribution in [3.8, 4) is 11.4 Å². The molecule has 4 rings (SSSR count). The van der Waals surface area contributed by atoms with Gasteiger partial charge in [0, 0.05) is 48.4 Å². The fraction of sp³-hybridized carbons (Fsp3) is 0.200. The van der Waals surface area contributed by atoms with Gasteiger partial charge in [0.25, 0.3) is 0 Å². The van der Waals surface area contributed by atoms with Gasteiger partial charge < -0.3 is 0 Å². The Kier molecular flexibility index (Phi) is 4.85.